The Kier molecular flexibility index (Phi) is 5.19. The minimum atomic E-state index is -0.0313. The number of aryl methyl sites for hydroxylation is 2. The van der Waals surface area contributed by atoms with Crippen LogP contribution in [0.3, 0.4) is 0 Å². The molecule has 1 aliphatic rings. The van der Waals surface area contributed by atoms with Gasteiger partial charge in [0.1, 0.15) is 0 Å². The molecule has 0 aromatic heterocycles. The number of carbonyl (C=O) groups excluding carboxylic acids is 1. The highest BCUT2D eigenvalue weighted by Gasteiger charge is 2.22. The molecule has 1 N–H and O–H groups in total. The number of amides is 2. The zero-order chi connectivity index (χ0) is 18.0. The number of anilines is 2. The van der Waals surface area contributed by atoms with E-state index in [-0.39, 0.29) is 6.03 Å². The molecule has 5 heteroatoms. The maximum atomic E-state index is 12.6. The fourth-order valence-corrected chi connectivity index (χ4v) is 3.32. The molecule has 0 unspecified atom stereocenters. The van der Waals surface area contributed by atoms with Crippen LogP contribution < -0.4 is 10.2 Å². The summed E-state index contributed by atoms with van der Waals surface area (Å²) >= 11 is 6.23. The van der Waals surface area contributed by atoms with Crippen LogP contribution in [0.1, 0.15) is 16.7 Å². The average molecular weight is 358 g/mol. The van der Waals surface area contributed by atoms with E-state index in [0.29, 0.717) is 13.1 Å². The summed E-state index contributed by atoms with van der Waals surface area (Å²) in [5.74, 6) is 0. The Morgan fingerprint density at radius 3 is 2.48 bits per heavy atom. The van der Waals surface area contributed by atoms with Crippen molar-refractivity contribution in [3.05, 3.63) is 58.1 Å². The number of rotatable bonds is 2. The first-order valence-electron chi connectivity index (χ1n) is 8.59. The second kappa shape index (κ2) is 7.36. The minimum absolute atomic E-state index is 0.0313. The Morgan fingerprint density at radius 1 is 1.04 bits per heavy atom. The second-order valence-corrected chi connectivity index (χ2v) is 7.01. The van der Waals surface area contributed by atoms with Crippen molar-refractivity contribution in [1.29, 1.82) is 0 Å². The van der Waals surface area contributed by atoms with E-state index >= 15 is 0 Å². The molecule has 0 saturated carbocycles. The van der Waals surface area contributed by atoms with Crippen LogP contribution in [0.5, 0.6) is 0 Å². The molecule has 3 rings (SSSR count). The molecule has 0 aliphatic carbocycles. The van der Waals surface area contributed by atoms with Gasteiger partial charge in [-0.15, -0.1) is 0 Å². The highest BCUT2D eigenvalue weighted by atomic mass is 35.5. The monoisotopic (exact) mass is 357 g/mol. The van der Waals surface area contributed by atoms with Crippen LogP contribution >= 0.6 is 11.6 Å². The molecule has 0 spiro atoms. The van der Waals surface area contributed by atoms with Crippen molar-refractivity contribution in [3.8, 4) is 0 Å². The van der Waals surface area contributed by atoms with E-state index in [0.717, 1.165) is 46.2 Å². The van der Waals surface area contributed by atoms with Crippen LogP contribution in [-0.4, -0.2) is 37.1 Å². The SMILES string of the molecule is Cc1ccc(C)c(NC(=O)N2CCN(c3cccc(Cl)c3C)CC2)c1. The maximum absolute atomic E-state index is 12.6. The lowest BCUT2D eigenvalue weighted by atomic mass is 10.1. The van der Waals surface area contributed by atoms with Crippen LogP contribution in [0.2, 0.25) is 5.02 Å². The number of piperazine rings is 1. The Hall–Kier alpha value is -2.20. The van der Waals surface area contributed by atoms with Crippen molar-refractivity contribution < 1.29 is 4.79 Å². The number of carbonyl (C=O) groups is 1. The number of benzene rings is 2. The molecule has 1 fully saturated rings. The molecular formula is C20H24ClN3O. The number of hydrogen-bond acceptors (Lipinski definition) is 2. The van der Waals surface area contributed by atoms with Crippen LogP contribution in [0.15, 0.2) is 36.4 Å². The number of halogens is 1. The molecule has 132 valence electrons. The van der Waals surface area contributed by atoms with Crippen molar-refractivity contribution in [1.82, 2.24) is 4.90 Å². The zero-order valence-electron chi connectivity index (χ0n) is 15.0. The summed E-state index contributed by atoms with van der Waals surface area (Å²) in [4.78, 5) is 16.7. The molecule has 1 aliphatic heterocycles. The highest BCUT2D eigenvalue weighted by molar-refractivity contribution is 6.31. The third-order valence-corrected chi connectivity index (χ3v) is 5.19. The summed E-state index contributed by atoms with van der Waals surface area (Å²) in [6.07, 6.45) is 0. The number of nitrogens with zero attached hydrogens (tertiary/aromatic N) is 2. The largest absolute Gasteiger partial charge is 0.368 e. The van der Waals surface area contributed by atoms with Gasteiger partial charge in [-0.2, -0.15) is 0 Å². The molecule has 4 nitrogen and oxygen atoms in total. The van der Waals surface area contributed by atoms with Crippen molar-refractivity contribution >= 4 is 29.0 Å². The lowest BCUT2D eigenvalue weighted by molar-refractivity contribution is 0.208. The van der Waals surface area contributed by atoms with Gasteiger partial charge in [0.2, 0.25) is 0 Å². The van der Waals surface area contributed by atoms with Gasteiger partial charge in [0.15, 0.2) is 0 Å². The molecule has 0 atom stereocenters. The van der Waals surface area contributed by atoms with E-state index in [1.54, 1.807) is 0 Å². The van der Waals surface area contributed by atoms with Crippen molar-refractivity contribution in [2.45, 2.75) is 20.8 Å². The first kappa shape index (κ1) is 17.6. The molecule has 2 amide bonds. The van der Waals surface area contributed by atoms with E-state index in [4.69, 9.17) is 11.6 Å². The highest BCUT2D eigenvalue weighted by Crippen LogP contribution is 2.27. The molecule has 0 radical (unpaired) electrons. The summed E-state index contributed by atoms with van der Waals surface area (Å²) < 4.78 is 0. The predicted molar refractivity (Wildman–Crippen MR) is 105 cm³/mol. The van der Waals surface area contributed by atoms with Gasteiger partial charge in [-0.25, -0.2) is 4.79 Å². The minimum Gasteiger partial charge on any atom is -0.368 e. The van der Waals surface area contributed by atoms with Crippen LogP contribution in [0.4, 0.5) is 16.2 Å². The molecule has 1 saturated heterocycles. The van der Waals surface area contributed by atoms with E-state index in [9.17, 15) is 4.79 Å². The van der Waals surface area contributed by atoms with Crippen LogP contribution in [0, 0.1) is 20.8 Å². The number of nitrogens with one attached hydrogen (secondary N) is 1. The van der Waals surface area contributed by atoms with Crippen molar-refractivity contribution in [3.63, 3.8) is 0 Å². The molecule has 25 heavy (non-hydrogen) atoms. The van der Waals surface area contributed by atoms with Gasteiger partial charge in [0, 0.05) is 42.6 Å². The van der Waals surface area contributed by atoms with Crippen molar-refractivity contribution in [2.75, 3.05) is 36.4 Å². The first-order valence-corrected chi connectivity index (χ1v) is 8.97. The van der Waals surface area contributed by atoms with Crippen LogP contribution in [-0.2, 0) is 0 Å². The summed E-state index contributed by atoms with van der Waals surface area (Å²) in [5.41, 5.74) is 5.35. The summed E-state index contributed by atoms with van der Waals surface area (Å²) in [6.45, 7) is 9.08. The van der Waals surface area contributed by atoms with E-state index < -0.39 is 0 Å². The summed E-state index contributed by atoms with van der Waals surface area (Å²) in [6, 6.07) is 12.0. The van der Waals surface area contributed by atoms with Gasteiger partial charge >= 0.3 is 6.03 Å². The first-order chi connectivity index (χ1) is 12.0. The predicted octanol–water partition coefficient (Wildman–Crippen LogP) is 4.62. The quantitative estimate of drug-likeness (QED) is 0.851. The Labute approximate surface area is 154 Å². The van der Waals surface area contributed by atoms with E-state index in [1.807, 2.05) is 49.9 Å². The maximum Gasteiger partial charge on any atom is 0.321 e. The third kappa shape index (κ3) is 3.90. The molecule has 1 heterocycles. The van der Waals surface area contributed by atoms with Crippen molar-refractivity contribution in [2.24, 2.45) is 0 Å². The molecule has 0 bridgehead atoms. The standard InChI is InChI=1S/C20H24ClN3O/c1-14-7-8-15(2)18(13-14)22-20(25)24-11-9-23(10-12-24)19-6-4-5-17(21)16(19)3/h4-8,13H,9-12H2,1-3H3,(H,22,25). The van der Waals surface area contributed by atoms with Gasteiger partial charge in [0.05, 0.1) is 0 Å². The van der Waals surface area contributed by atoms with Gasteiger partial charge in [0.25, 0.3) is 0 Å². The molecular weight excluding hydrogens is 334 g/mol. The fraction of sp³-hybridized carbons (Fsp3) is 0.350. The van der Waals surface area contributed by atoms with Gasteiger partial charge < -0.3 is 15.1 Å². The smallest absolute Gasteiger partial charge is 0.321 e. The van der Waals surface area contributed by atoms with Gasteiger partial charge in [-0.3, -0.25) is 0 Å². The molecule has 2 aromatic rings. The lowest BCUT2D eigenvalue weighted by Crippen LogP contribution is -2.50. The van der Waals surface area contributed by atoms with Gasteiger partial charge in [-0.1, -0.05) is 29.8 Å². The van der Waals surface area contributed by atoms with E-state index in [1.165, 1.54) is 0 Å². The van der Waals surface area contributed by atoms with Gasteiger partial charge in [-0.05, 0) is 55.7 Å². The molecule has 2 aromatic carbocycles. The Morgan fingerprint density at radius 2 is 1.76 bits per heavy atom. The summed E-state index contributed by atoms with van der Waals surface area (Å²) in [5, 5.41) is 3.83. The number of hydrogen-bond donors (Lipinski definition) is 1. The lowest BCUT2D eigenvalue weighted by Gasteiger charge is -2.37. The fourth-order valence-electron chi connectivity index (χ4n) is 3.15. The second-order valence-electron chi connectivity index (χ2n) is 6.61. The topological polar surface area (TPSA) is 35.6 Å². The third-order valence-electron chi connectivity index (χ3n) is 4.78. The normalized spacial score (nSPS) is 14.6. The number of urea groups is 1. The van der Waals surface area contributed by atoms with E-state index in [2.05, 4.69) is 22.3 Å². The Bertz CT molecular complexity index is 783. The van der Waals surface area contributed by atoms with Crippen LogP contribution in [0.25, 0.3) is 0 Å². The zero-order valence-corrected chi connectivity index (χ0v) is 15.7. The summed E-state index contributed by atoms with van der Waals surface area (Å²) in [7, 11) is 0. The Balaban J connectivity index is 1.63. The average Bonchev–Trinajstić information content (AvgIpc) is 2.61.